The first-order valence-corrected chi connectivity index (χ1v) is 10.6. The van der Waals surface area contributed by atoms with Gasteiger partial charge in [-0.05, 0) is 78.1 Å². The van der Waals surface area contributed by atoms with E-state index in [0.29, 0.717) is 11.0 Å². The van der Waals surface area contributed by atoms with Crippen LogP contribution in [0.5, 0.6) is 0 Å². The summed E-state index contributed by atoms with van der Waals surface area (Å²) in [7, 11) is 0. The van der Waals surface area contributed by atoms with Gasteiger partial charge in [0, 0.05) is 29.2 Å². The van der Waals surface area contributed by atoms with Crippen molar-refractivity contribution in [3.63, 3.8) is 0 Å². The topological polar surface area (TPSA) is 70.2 Å². The van der Waals surface area contributed by atoms with Crippen molar-refractivity contribution in [2.45, 2.75) is 13.8 Å². The van der Waals surface area contributed by atoms with Crippen LogP contribution in [0.1, 0.15) is 18.1 Å². The molecule has 5 rings (SSSR count). The monoisotopic (exact) mass is 435 g/mol. The van der Waals surface area contributed by atoms with Gasteiger partial charge in [0.05, 0.1) is 11.0 Å². The molecule has 0 aliphatic carbocycles. The number of halogens is 1. The smallest absolute Gasteiger partial charge is 0.138 e. The molecule has 0 aliphatic heterocycles. The summed E-state index contributed by atoms with van der Waals surface area (Å²) in [5.74, 6) is -0.274. The molecule has 0 spiro atoms. The minimum absolute atomic E-state index is 0.274. The highest BCUT2D eigenvalue weighted by Gasteiger charge is 2.13. The largest absolute Gasteiger partial charge is 0.338 e. The molecule has 5 nitrogen and oxygen atoms in total. The van der Waals surface area contributed by atoms with E-state index in [2.05, 4.69) is 43.9 Å². The third-order valence-corrected chi connectivity index (χ3v) is 5.62. The zero-order valence-electron chi connectivity index (χ0n) is 18.4. The summed E-state index contributed by atoms with van der Waals surface area (Å²) < 4.78 is 13.8. The third-order valence-electron chi connectivity index (χ3n) is 5.62. The number of aromatic amines is 2. The van der Waals surface area contributed by atoms with E-state index in [0.717, 1.165) is 49.8 Å². The Morgan fingerprint density at radius 3 is 2.79 bits per heavy atom. The molecule has 0 saturated heterocycles. The van der Waals surface area contributed by atoms with Crippen LogP contribution in [-0.4, -0.2) is 25.1 Å². The van der Waals surface area contributed by atoms with E-state index in [9.17, 15) is 4.39 Å². The minimum Gasteiger partial charge on any atom is -0.338 e. The molecule has 0 saturated carbocycles. The van der Waals surface area contributed by atoms with Crippen LogP contribution < -0.4 is 10.6 Å². The Kier molecular flexibility index (Phi) is 5.18. The second-order valence-electron chi connectivity index (χ2n) is 7.92. The molecule has 1 aromatic carbocycles. The quantitative estimate of drug-likeness (QED) is 0.428. The lowest BCUT2D eigenvalue weighted by atomic mass is 10.0. The Labute approximate surface area is 190 Å². The van der Waals surface area contributed by atoms with Crippen LogP contribution in [0.3, 0.4) is 0 Å². The van der Waals surface area contributed by atoms with Crippen LogP contribution >= 0.6 is 0 Å². The first kappa shape index (κ1) is 20.6. The number of allylic oxidation sites excluding steroid dienone is 2. The molecular weight excluding hydrogens is 413 g/mol. The summed E-state index contributed by atoms with van der Waals surface area (Å²) >= 11 is 0. The SMILES string of the molecule is C=c1[nH]nc(-c2cc3c(-c4cccc(F)c4)ccnc3[nH]2)/c1=C/C(=C\C)c1cncc(C)c1. The molecule has 0 aliphatic rings. The molecule has 0 fully saturated rings. The number of nitrogens with one attached hydrogen (secondary N) is 2. The predicted molar refractivity (Wildman–Crippen MR) is 131 cm³/mol. The summed E-state index contributed by atoms with van der Waals surface area (Å²) in [5, 5.41) is 10.0. The van der Waals surface area contributed by atoms with Crippen molar-refractivity contribution in [1.82, 2.24) is 25.1 Å². The van der Waals surface area contributed by atoms with E-state index in [1.807, 2.05) is 50.5 Å². The molecule has 6 heteroatoms. The molecule has 4 heterocycles. The standard InChI is InChI=1S/C27H22FN5/c1-4-18(20-10-16(2)14-29-15-20)12-23-17(3)32-33-26(23)25-13-24-22(8-9-30-27(24)31-25)19-6-5-7-21(28)11-19/h4-15,32H,3H2,1-2H3,(H,30,31)/b18-4+,23-12+. The minimum atomic E-state index is -0.274. The van der Waals surface area contributed by atoms with Crippen molar-refractivity contribution in [3.8, 4) is 22.5 Å². The average molecular weight is 436 g/mol. The van der Waals surface area contributed by atoms with Crippen molar-refractivity contribution in [1.29, 1.82) is 0 Å². The Hall–Kier alpha value is -4.32. The van der Waals surface area contributed by atoms with E-state index in [4.69, 9.17) is 0 Å². The molecular formula is C27H22FN5. The summed E-state index contributed by atoms with van der Waals surface area (Å²) in [4.78, 5) is 12.2. The second kappa shape index (κ2) is 8.31. The zero-order valence-corrected chi connectivity index (χ0v) is 18.4. The van der Waals surface area contributed by atoms with Gasteiger partial charge in [0.2, 0.25) is 0 Å². The fourth-order valence-corrected chi connectivity index (χ4v) is 4.01. The molecule has 5 aromatic rings. The second-order valence-corrected chi connectivity index (χ2v) is 7.92. The maximum absolute atomic E-state index is 13.8. The summed E-state index contributed by atoms with van der Waals surface area (Å²) in [6.45, 7) is 8.15. The fourth-order valence-electron chi connectivity index (χ4n) is 4.01. The van der Waals surface area contributed by atoms with Crippen LogP contribution in [0.2, 0.25) is 0 Å². The highest BCUT2D eigenvalue weighted by Crippen LogP contribution is 2.30. The first-order valence-electron chi connectivity index (χ1n) is 10.6. The molecule has 162 valence electrons. The summed E-state index contributed by atoms with van der Waals surface area (Å²) in [6, 6.07) is 12.5. The van der Waals surface area contributed by atoms with Crippen LogP contribution in [-0.2, 0) is 0 Å². The van der Waals surface area contributed by atoms with Gasteiger partial charge in [0.25, 0.3) is 0 Å². The number of hydrogen-bond acceptors (Lipinski definition) is 3. The molecule has 0 bridgehead atoms. The maximum Gasteiger partial charge on any atom is 0.138 e. The van der Waals surface area contributed by atoms with Crippen molar-refractivity contribution < 1.29 is 4.39 Å². The number of pyridine rings is 2. The molecule has 0 amide bonds. The van der Waals surface area contributed by atoms with Gasteiger partial charge in [0.1, 0.15) is 17.2 Å². The van der Waals surface area contributed by atoms with Gasteiger partial charge in [-0.15, -0.1) is 0 Å². The Balaban J connectivity index is 1.66. The van der Waals surface area contributed by atoms with Gasteiger partial charge < -0.3 is 4.98 Å². The summed E-state index contributed by atoms with van der Waals surface area (Å²) in [6.07, 6.45) is 9.50. The van der Waals surface area contributed by atoms with Crippen molar-refractivity contribution >= 4 is 29.3 Å². The molecule has 33 heavy (non-hydrogen) atoms. The normalized spacial score (nSPS) is 12.6. The van der Waals surface area contributed by atoms with E-state index in [1.54, 1.807) is 12.3 Å². The maximum atomic E-state index is 13.8. The van der Waals surface area contributed by atoms with Gasteiger partial charge in [-0.25, -0.2) is 9.37 Å². The van der Waals surface area contributed by atoms with Crippen LogP contribution in [0.15, 0.2) is 67.1 Å². The van der Waals surface area contributed by atoms with Gasteiger partial charge in [0.15, 0.2) is 0 Å². The Morgan fingerprint density at radius 2 is 2.00 bits per heavy atom. The first-order chi connectivity index (χ1) is 16.0. The van der Waals surface area contributed by atoms with Gasteiger partial charge in [-0.3, -0.25) is 10.1 Å². The molecule has 2 N–H and O–H groups in total. The molecule has 0 atom stereocenters. The lowest BCUT2D eigenvalue weighted by Crippen LogP contribution is -2.22. The zero-order chi connectivity index (χ0) is 22.9. The molecule has 0 radical (unpaired) electrons. The number of rotatable bonds is 4. The predicted octanol–water partition coefficient (Wildman–Crippen LogP) is 4.76. The number of H-pyrrole nitrogens is 2. The lowest BCUT2D eigenvalue weighted by molar-refractivity contribution is 0.628. The molecule has 4 aromatic heterocycles. The number of nitrogens with zero attached hydrogens (tertiary/aromatic N) is 3. The summed E-state index contributed by atoms with van der Waals surface area (Å²) in [5.41, 5.74) is 7.08. The highest BCUT2D eigenvalue weighted by atomic mass is 19.1. The number of fused-ring (bicyclic) bond motifs is 1. The number of aromatic nitrogens is 5. The van der Waals surface area contributed by atoms with Crippen molar-refractivity contribution in [2.24, 2.45) is 0 Å². The average Bonchev–Trinajstić information content (AvgIpc) is 3.40. The number of benzene rings is 1. The van der Waals surface area contributed by atoms with Gasteiger partial charge in [-0.2, -0.15) is 5.10 Å². The highest BCUT2D eigenvalue weighted by molar-refractivity contribution is 5.96. The van der Waals surface area contributed by atoms with Gasteiger partial charge >= 0.3 is 0 Å². The lowest BCUT2D eigenvalue weighted by Gasteiger charge is -2.03. The van der Waals surface area contributed by atoms with Crippen LogP contribution in [0.4, 0.5) is 4.39 Å². The Bertz CT molecular complexity index is 1620. The number of aryl methyl sites for hydroxylation is 1. The Morgan fingerprint density at radius 1 is 1.12 bits per heavy atom. The van der Waals surface area contributed by atoms with E-state index in [1.165, 1.54) is 12.1 Å². The van der Waals surface area contributed by atoms with Crippen molar-refractivity contribution in [3.05, 3.63) is 94.6 Å². The van der Waals surface area contributed by atoms with Crippen molar-refractivity contribution in [2.75, 3.05) is 0 Å². The van der Waals surface area contributed by atoms with E-state index < -0.39 is 0 Å². The van der Waals surface area contributed by atoms with E-state index in [-0.39, 0.29) is 5.82 Å². The van der Waals surface area contributed by atoms with Crippen LogP contribution in [0.25, 0.3) is 51.8 Å². The molecule has 0 unspecified atom stereocenters. The third kappa shape index (κ3) is 3.87. The van der Waals surface area contributed by atoms with E-state index >= 15 is 0 Å². The number of hydrogen-bond donors (Lipinski definition) is 2. The fraction of sp³-hybridized carbons (Fsp3) is 0.0741. The van der Waals surface area contributed by atoms with Gasteiger partial charge in [-0.1, -0.05) is 24.8 Å². The van der Waals surface area contributed by atoms with Crippen LogP contribution in [0, 0.1) is 12.7 Å².